The van der Waals surface area contributed by atoms with Gasteiger partial charge in [0.1, 0.15) is 11.2 Å². The van der Waals surface area contributed by atoms with Gasteiger partial charge in [0, 0.05) is 32.4 Å². The van der Waals surface area contributed by atoms with Gasteiger partial charge in [0.2, 0.25) is 5.91 Å². The Hall–Kier alpha value is -1.66. The van der Waals surface area contributed by atoms with Gasteiger partial charge in [-0.2, -0.15) is 0 Å². The van der Waals surface area contributed by atoms with Crippen LogP contribution in [0.1, 0.15) is 23.3 Å². The molecule has 0 radical (unpaired) electrons. The van der Waals surface area contributed by atoms with E-state index < -0.39 is 5.54 Å². The van der Waals surface area contributed by atoms with E-state index in [1.807, 2.05) is 0 Å². The van der Waals surface area contributed by atoms with E-state index in [1.165, 1.54) is 6.20 Å². The second-order valence-electron chi connectivity index (χ2n) is 5.42. The number of halogens is 1. The molecule has 2 aliphatic heterocycles. The SMILES string of the molecule is O=C(c1ccc(Cl)cn1)N1CCC2(CC1)NCCNC2=O. The molecule has 3 rings (SSSR count). The number of hydrogen-bond donors (Lipinski definition) is 2. The van der Waals surface area contributed by atoms with Gasteiger partial charge in [0.25, 0.3) is 5.91 Å². The highest BCUT2D eigenvalue weighted by Gasteiger charge is 2.43. The Bertz CT molecular complexity index is 553. The van der Waals surface area contributed by atoms with E-state index in [1.54, 1.807) is 17.0 Å². The van der Waals surface area contributed by atoms with Gasteiger partial charge < -0.3 is 15.5 Å². The van der Waals surface area contributed by atoms with Crippen LogP contribution < -0.4 is 10.6 Å². The molecule has 2 amide bonds. The van der Waals surface area contributed by atoms with Crippen molar-refractivity contribution in [2.75, 3.05) is 26.2 Å². The van der Waals surface area contributed by atoms with Crippen LogP contribution in [-0.4, -0.2) is 53.4 Å². The molecule has 1 aromatic rings. The molecule has 7 heteroatoms. The summed E-state index contributed by atoms with van der Waals surface area (Å²) in [6.07, 6.45) is 2.71. The third-order valence-electron chi connectivity index (χ3n) is 4.16. The summed E-state index contributed by atoms with van der Waals surface area (Å²) in [5.41, 5.74) is -0.126. The van der Waals surface area contributed by atoms with Gasteiger partial charge in [-0.05, 0) is 25.0 Å². The molecule has 0 bridgehead atoms. The summed E-state index contributed by atoms with van der Waals surface area (Å²) < 4.78 is 0. The number of carbonyl (C=O) groups is 2. The molecule has 0 aliphatic carbocycles. The molecule has 0 unspecified atom stereocenters. The van der Waals surface area contributed by atoms with Crippen LogP contribution in [0.4, 0.5) is 0 Å². The summed E-state index contributed by atoms with van der Waals surface area (Å²) in [6.45, 7) is 2.53. The maximum Gasteiger partial charge on any atom is 0.272 e. The lowest BCUT2D eigenvalue weighted by molar-refractivity contribution is -0.131. The van der Waals surface area contributed by atoms with Gasteiger partial charge in [0.15, 0.2) is 0 Å². The Morgan fingerprint density at radius 1 is 1.29 bits per heavy atom. The Morgan fingerprint density at radius 3 is 2.67 bits per heavy atom. The minimum Gasteiger partial charge on any atom is -0.353 e. The number of nitrogens with one attached hydrogen (secondary N) is 2. The Balaban J connectivity index is 1.66. The molecule has 2 fully saturated rings. The van der Waals surface area contributed by atoms with Gasteiger partial charge in [-0.3, -0.25) is 9.59 Å². The second kappa shape index (κ2) is 5.61. The van der Waals surface area contributed by atoms with E-state index in [-0.39, 0.29) is 11.8 Å². The standard InChI is InChI=1S/C14H17ClN4O2/c15-10-1-2-11(17-9-10)12(20)19-7-3-14(4-8-19)13(21)16-5-6-18-14/h1-2,9,18H,3-8H2,(H,16,21). The van der Waals surface area contributed by atoms with E-state index >= 15 is 0 Å². The highest BCUT2D eigenvalue weighted by molar-refractivity contribution is 6.30. The van der Waals surface area contributed by atoms with Crippen molar-refractivity contribution in [3.8, 4) is 0 Å². The Labute approximate surface area is 127 Å². The Morgan fingerprint density at radius 2 is 2.05 bits per heavy atom. The lowest BCUT2D eigenvalue weighted by Gasteiger charge is -2.43. The number of hydrogen-bond acceptors (Lipinski definition) is 4. The first-order valence-corrected chi connectivity index (χ1v) is 7.43. The molecular weight excluding hydrogens is 292 g/mol. The summed E-state index contributed by atoms with van der Waals surface area (Å²) in [6, 6.07) is 3.28. The smallest absolute Gasteiger partial charge is 0.272 e. The van der Waals surface area contributed by atoms with Crippen LogP contribution in [0, 0.1) is 0 Å². The topological polar surface area (TPSA) is 74.3 Å². The average molecular weight is 309 g/mol. The fraction of sp³-hybridized carbons (Fsp3) is 0.500. The fourth-order valence-electron chi connectivity index (χ4n) is 2.89. The molecule has 0 atom stereocenters. The van der Waals surface area contributed by atoms with Crippen LogP contribution in [0.3, 0.4) is 0 Å². The molecule has 2 saturated heterocycles. The van der Waals surface area contributed by atoms with Gasteiger partial charge >= 0.3 is 0 Å². The number of pyridine rings is 1. The summed E-state index contributed by atoms with van der Waals surface area (Å²) in [4.78, 5) is 30.2. The zero-order chi connectivity index (χ0) is 14.9. The third kappa shape index (κ3) is 2.73. The van der Waals surface area contributed by atoms with Gasteiger partial charge in [-0.25, -0.2) is 4.98 Å². The van der Waals surface area contributed by atoms with Crippen LogP contribution >= 0.6 is 11.6 Å². The quantitative estimate of drug-likeness (QED) is 0.789. The highest BCUT2D eigenvalue weighted by atomic mass is 35.5. The van der Waals surface area contributed by atoms with Crippen LogP contribution in [0.2, 0.25) is 5.02 Å². The minimum absolute atomic E-state index is 0.0467. The molecule has 3 heterocycles. The molecule has 2 aliphatic rings. The number of amides is 2. The maximum atomic E-state index is 12.4. The number of piperidine rings is 1. The Kier molecular flexibility index (Phi) is 3.82. The molecule has 21 heavy (non-hydrogen) atoms. The molecule has 1 aromatic heterocycles. The van der Waals surface area contributed by atoms with Crippen LogP contribution in [0.5, 0.6) is 0 Å². The third-order valence-corrected chi connectivity index (χ3v) is 4.38. The molecule has 2 N–H and O–H groups in total. The number of piperazine rings is 1. The minimum atomic E-state index is -0.511. The van der Waals surface area contributed by atoms with E-state index in [9.17, 15) is 9.59 Å². The second-order valence-corrected chi connectivity index (χ2v) is 5.86. The number of aromatic nitrogens is 1. The van der Waals surface area contributed by atoms with Crippen molar-refractivity contribution in [1.29, 1.82) is 0 Å². The highest BCUT2D eigenvalue weighted by Crippen LogP contribution is 2.25. The van der Waals surface area contributed by atoms with Crippen molar-refractivity contribution in [3.05, 3.63) is 29.0 Å². The van der Waals surface area contributed by atoms with Crippen LogP contribution in [-0.2, 0) is 4.79 Å². The normalized spacial score (nSPS) is 21.2. The van der Waals surface area contributed by atoms with Crippen molar-refractivity contribution in [2.45, 2.75) is 18.4 Å². The first-order chi connectivity index (χ1) is 10.1. The zero-order valence-electron chi connectivity index (χ0n) is 11.6. The summed E-state index contributed by atoms with van der Waals surface area (Å²) >= 11 is 5.78. The van der Waals surface area contributed by atoms with Crippen LogP contribution in [0.15, 0.2) is 18.3 Å². The first kappa shape index (κ1) is 14.3. The predicted octanol–water partition coefficient (Wildman–Crippen LogP) is 0.429. The summed E-state index contributed by atoms with van der Waals surface area (Å²) in [7, 11) is 0. The van der Waals surface area contributed by atoms with Gasteiger partial charge in [-0.1, -0.05) is 11.6 Å². The number of likely N-dealkylation sites (tertiary alicyclic amines) is 1. The van der Waals surface area contributed by atoms with E-state index in [2.05, 4.69) is 15.6 Å². The first-order valence-electron chi connectivity index (χ1n) is 7.05. The molecule has 1 spiro atoms. The molecule has 0 saturated carbocycles. The van der Waals surface area contributed by atoms with Crippen molar-refractivity contribution in [2.24, 2.45) is 0 Å². The van der Waals surface area contributed by atoms with Crippen LogP contribution in [0.25, 0.3) is 0 Å². The monoisotopic (exact) mass is 308 g/mol. The summed E-state index contributed by atoms with van der Waals surface area (Å²) in [5, 5.41) is 6.71. The van der Waals surface area contributed by atoms with Crippen molar-refractivity contribution < 1.29 is 9.59 Å². The average Bonchev–Trinajstić information content (AvgIpc) is 2.51. The fourth-order valence-corrected chi connectivity index (χ4v) is 3.00. The number of nitrogens with zero attached hydrogens (tertiary/aromatic N) is 2. The van der Waals surface area contributed by atoms with Crippen molar-refractivity contribution in [3.63, 3.8) is 0 Å². The zero-order valence-corrected chi connectivity index (χ0v) is 12.3. The summed E-state index contributed by atoms with van der Waals surface area (Å²) in [5.74, 6) is -0.0665. The largest absolute Gasteiger partial charge is 0.353 e. The molecule has 0 aromatic carbocycles. The number of carbonyl (C=O) groups excluding carboxylic acids is 2. The van der Waals surface area contributed by atoms with E-state index in [0.29, 0.717) is 43.2 Å². The lowest BCUT2D eigenvalue weighted by Crippen LogP contribution is -2.66. The molecular formula is C14H17ClN4O2. The lowest BCUT2D eigenvalue weighted by atomic mass is 9.85. The van der Waals surface area contributed by atoms with Crippen molar-refractivity contribution in [1.82, 2.24) is 20.5 Å². The molecule has 6 nitrogen and oxygen atoms in total. The maximum absolute atomic E-state index is 12.4. The predicted molar refractivity (Wildman–Crippen MR) is 78.1 cm³/mol. The van der Waals surface area contributed by atoms with Gasteiger partial charge in [-0.15, -0.1) is 0 Å². The number of rotatable bonds is 1. The van der Waals surface area contributed by atoms with E-state index in [0.717, 1.165) is 6.54 Å². The van der Waals surface area contributed by atoms with Gasteiger partial charge in [0.05, 0.1) is 5.02 Å². The van der Waals surface area contributed by atoms with E-state index in [4.69, 9.17) is 11.6 Å². The molecule has 112 valence electrons. The van der Waals surface area contributed by atoms with Crippen molar-refractivity contribution >= 4 is 23.4 Å².